The predicted molar refractivity (Wildman–Crippen MR) is 109 cm³/mol. The van der Waals surface area contributed by atoms with E-state index in [1.807, 2.05) is 47.6 Å². The van der Waals surface area contributed by atoms with Crippen LogP contribution in [-0.2, 0) is 0 Å². The highest BCUT2D eigenvalue weighted by atomic mass is 16.5. The van der Waals surface area contributed by atoms with Crippen LogP contribution in [0.5, 0.6) is 5.75 Å². The van der Waals surface area contributed by atoms with Gasteiger partial charge in [0.2, 0.25) is 5.95 Å². The molecule has 2 aliphatic heterocycles. The van der Waals surface area contributed by atoms with E-state index in [1.165, 1.54) is 12.8 Å². The van der Waals surface area contributed by atoms with E-state index >= 15 is 0 Å². The maximum atomic E-state index is 12.9. The molecule has 0 N–H and O–H groups in total. The van der Waals surface area contributed by atoms with Gasteiger partial charge in [-0.25, -0.2) is 9.97 Å². The first-order valence-corrected chi connectivity index (χ1v) is 10.2. The van der Waals surface area contributed by atoms with Crippen molar-refractivity contribution >= 4 is 11.9 Å². The fraction of sp³-hybridized carbons (Fsp3) is 0.500. The van der Waals surface area contributed by atoms with Crippen LogP contribution in [-0.4, -0.2) is 54.1 Å². The molecule has 3 heterocycles. The zero-order valence-electron chi connectivity index (χ0n) is 16.5. The fourth-order valence-electron chi connectivity index (χ4n) is 4.59. The van der Waals surface area contributed by atoms with E-state index in [2.05, 4.69) is 14.9 Å². The number of carbonyl (C=O) groups excluding carboxylic acids is 1. The minimum absolute atomic E-state index is 0.0898. The Morgan fingerprint density at radius 3 is 2.18 bits per heavy atom. The van der Waals surface area contributed by atoms with Gasteiger partial charge in [-0.05, 0) is 55.7 Å². The van der Waals surface area contributed by atoms with Crippen LogP contribution < -0.4 is 9.64 Å². The van der Waals surface area contributed by atoms with Crippen molar-refractivity contribution in [2.24, 2.45) is 11.8 Å². The Morgan fingerprint density at radius 2 is 1.54 bits per heavy atom. The van der Waals surface area contributed by atoms with E-state index in [1.54, 1.807) is 7.11 Å². The molecule has 2 aliphatic rings. The highest BCUT2D eigenvalue weighted by Gasteiger charge is 2.32. The van der Waals surface area contributed by atoms with Gasteiger partial charge >= 0.3 is 0 Å². The summed E-state index contributed by atoms with van der Waals surface area (Å²) in [6.45, 7) is 3.72. The summed E-state index contributed by atoms with van der Waals surface area (Å²) in [4.78, 5) is 25.9. The van der Waals surface area contributed by atoms with Gasteiger partial charge in [-0.1, -0.05) is 12.1 Å². The molecule has 1 aromatic heterocycles. The largest absolute Gasteiger partial charge is 0.496 e. The molecule has 2 fully saturated rings. The molecule has 0 bridgehead atoms. The number of ether oxygens (including phenoxy) is 1. The van der Waals surface area contributed by atoms with Crippen molar-refractivity contribution in [2.75, 3.05) is 38.2 Å². The van der Waals surface area contributed by atoms with Gasteiger partial charge in [-0.2, -0.15) is 0 Å². The molecule has 0 unspecified atom stereocenters. The highest BCUT2D eigenvalue weighted by molar-refractivity contribution is 5.97. The number of benzene rings is 1. The average Bonchev–Trinajstić information content (AvgIpc) is 2.79. The van der Waals surface area contributed by atoms with Crippen LogP contribution in [0.3, 0.4) is 0 Å². The minimum atomic E-state index is 0.0898. The third-order valence-electron chi connectivity index (χ3n) is 6.21. The molecule has 6 nitrogen and oxygen atoms in total. The Labute approximate surface area is 166 Å². The van der Waals surface area contributed by atoms with Crippen molar-refractivity contribution in [3.05, 3.63) is 48.3 Å². The number of piperidine rings is 2. The van der Waals surface area contributed by atoms with Crippen LogP contribution in [0.15, 0.2) is 42.7 Å². The smallest absolute Gasteiger partial charge is 0.257 e. The normalized spacial score (nSPS) is 18.9. The van der Waals surface area contributed by atoms with Gasteiger partial charge in [-0.15, -0.1) is 0 Å². The van der Waals surface area contributed by atoms with E-state index in [0.29, 0.717) is 17.2 Å². The van der Waals surface area contributed by atoms with E-state index in [-0.39, 0.29) is 5.91 Å². The summed E-state index contributed by atoms with van der Waals surface area (Å²) in [5.41, 5.74) is 0.666. The molecule has 28 heavy (non-hydrogen) atoms. The number of rotatable bonds is 4. The number of methoxy groups -OCH3 is 1. The van der Waals surface area contributed by atoms with Crippen LogP contribution in [0.4, 0.5) is 5.95 Å². The van der Waals surface area contributed by atoms with Crippen LogP contribution >= 0.6 is 0 Å². The Hall–Kier alpha value is -2.63. The number of nitrogens with zero attached hydrogens (tertiary/aromatic N) is 4. The first kappa shape index (κ1) is 18.7. The molecular formula is C22H28N4O2. The third kappa shape index (κ3) is 3.96. The molecule has 6 heteroatoms. The summed E-state index contributed by atoms with van der Waals surface area (Å²) < 4.78 is 5.36. The number of hydrogen-bond donors (Lipinski definition) is 0. The molecule has 0 aliphatic carbocycles. The topological polar surface area (TPSA) is 58.6 Å². The summed E-state index contributed by atoms with van der Waals surface area (Å²) in [5.74, 6) is 3.04. The Balaban J connectivity index is 1.29. The summed E-state index contributed by atoms with van der Waals surface area (Å²) >= 11 is 0. The second-order valence-corrected chi connectivity index (χ2v) is 7.70. The van der Waals surface area contributed by atoms with Crippen molar-refractivity contribution in [3.63, 3.8) is 0 Å². The van der Waals surface area contributed by atoms with Crippen LogP contribution in [0.25, 0.3) is 0 Å². The summed E-state index contributed by atoms with van der Waals surface area (Å²) in [6.07, 6.45) is 8.17. The average molecular weight is 380 g/mol. The molecular weight excluding hydrogens is 352 g/mol. The van der Waals surface area contributed by atoms with E-state index in [0.717, 1.165) is 50.9 Å². The molecule has 0 spiro atoms. The number of para-hydroxylation sites is 1. The molecule has 4 rings (SSSR count). The van der Waals surface area contributed by atoms with Crippen LogP contribution in [0.1, 0.15) is 36.0 Å². The maximum absolute atomic E-state index is 12.9. The van der Waals surface area contributed by atoms with Gasteiger partial charge in [0.05, 0.1) is 12.7 Å². The van der Waals surface area contributed by atoms with E-state index in [4.69, 9.17) is 4.74 Å². The second kappa shape index (κ2) is 8.59. The minimum Gasteiger partial charge on any atom is -0.496 e. The van der Waals surface area contributed by atoms with Gasteiger partial charge < -0.3 is 14.5 Å². The lowest BCUT2D eigenvalue weighted by Crippen LogP contribution is -2.43. The Bertz CT molecular complexity index is 782. The maximum Gasteiger partial charge on any atom is 0.257 e. The van der Waals surface area contributed by atoms with Crippen LogP contribution in [0, 0.1) is 11.8 Å². The summed E-state index contributed by atoms with van der Waals surface area (Å²) in [6, 6.07) is 9.36. The summed E-state index contributed by atoms with van der Waals surface area (Å²) in [5, 5.41) is 0. The van der Waals surface area contributed by atoms with Crippen molar-refractivity contribution in [2.45, 2.75) is 25.7 Å². The Morgan fingerprint density at radius 1 is 0.929 bits per heavy atom. The van der Waals surface area contributed by atoms with Crippen molar-refractivity contribution in [1.82, 2.24) is 14.9 Å². The van der Waals surface area contributed by atoms with Gasteiger partial charge in [-0.3, -0.25) is 4.79 Å². The first-order valence-electron chi connectivity index (χ1n) is 10.2. The number of aromatic nitrogens is 2. The molecule has 2 aromatic rings. The zero-order chi connectivity index (χ0) is 19.3. The van der Waals surface area contributed by atoms with E-state index < -0.39 is 0 Å². The van der Waals surface area contributed by atoms with Gasteiger partial charge in [0.1, 0.15) is 5.75 Å². The van der Waals surface area contributed by atoms with Crippen molar-refractivity contribution < 1.29 is 9.53 Å². The first-order chi connectivity index (χ1) is 13.8. The number of amides is 1. The number of carbonyl (C=O) groups is 1. The quantitative estimate of drug-likeness (QED) is 0.815. The number of likely N-dealkylation sites (tertiary alicyclic amines) is 1. The predicted octanol–water partition coefficient (Wildman–Crippen LogP) is 3.25. The molecule has 148 valence electrons. The lowest BCUT2D eigenvalue weighted by molar-refractivity contribution is 0.0642. The fourth-order valence-corrected chi connectivity index (χ4v) is 4.59. The number of hydrogen-bond acceptors (Lipinski definition) is 5. The molecule has 0 saturated carbocycles. The van der Waals surface area contributed by atoms with Gasteiger partial charge in [0.15, 0.2) is 0 Å². The highest BCUT2D eigenvalue weighted by Crippen LogP contribution is 2.34. The SMILES string of the molecule is COc1ccccc1C(=O)N1CCC(C2CCN(c3ncccn3)CC2)CC1. The molecule has 1 aromatic carbocycles. The lowest BCUT2D eigenvalue weighted by Gasteiger charge is -2.40. The van der Waals surface area contributed by atoms with Crippen LogP contribution in [0.2, 0.25) is 0 Å². The molecule has 2 saturated heterocycles. The monoisotopic (exact) mass is 380 g/mol. The molecule has 1 amide bonds. The van der Waals surface area contributed by atoms with Crippen molar-refractivity contribution in [1.29, 1.82) is 0 Å². The van der Waals surface area contributed by atoms with E-state index in [9.17, 15) is 4.79 Å². The zero-order valence-corrected chi connectivity index (χ0v) is 16.5. The second-order valence-electron chi connectivity index (χ2n) is 7.70. The number of anilines is 1. The van der Waals surface area contributed by atoms with Gasteiger partial charge in [0, 0.05) is 38.6 Å². The molecule has 0 atom stereocenters. The lowest BCUT2D eigenvalue weighted by atomic mass is 9.79. The standard InChI is InChI=1S/C22H28N4O2/c1-28-20-6-3-2-5-19(20)21(27)25-13-7-17(8-14-25)18-9-15-26(16-10-18)22-23-11-4-12-24-22/h2-6,11-12,17-18H,7-10,13-16H2,1H3. The Kier molecular flexibility index (Phi) is 5.74. The van der Waals surface area contributed by atoms with Crippen molar-refractivity contribution in [3.8, 4) is 5.75 Å². The third-order valence-corrected chi connectivity index (χ3v) is 6.21. The molecule has 0 radical (unpaired) electrons. The van der Waals surface area contributed by atoms with Gasteiger partial charge in [0.25, 0.3) is 5.91 Å². The summed E-state index contributed by atoms with van der Waals surface area (Å²) in [7, 11) is 1.62.